The van der Waals surface area contributed by atoms with Crippen molar-refractivity contribution in [1.82, 2.24) is 4.98 Å². The average Bonchev–Trinajstić information content (AvgIpc) is 3.23. The Morgan fingerprint density at radius 3 is 2.35 bits per heavy atom. The molecule has 202 valence electrons. The van der Waals surface area contributed by atoms with E-state index in [1.54, 1.807) is 0 Å². The SMILES string of the molecule is Cc1ccc([C@H](O)c2c(C(C)C)nc3c(c2[C@@H]2CCC=C2O[Si](C)(C)C(C)(C)C)CCC(C)(C)C3)cc1. The van der Waals surface area contributed by atoms with Crippen LogP contribution in [0, 0.1) is 12.3 Å². The number of aliphatic hydroxyl groups is 1. The number of aromatic nitrogens is 1. The normalized spacial score (nSPS) is 20.5. The van der Waals surface area contributed by atoms with E-state index in [9.17, 15) is 5.11 Å². The number of allylic oxidation sites excluding steroid dienone is 2. The predicted octanol–water partition coefficient (Wildman–Crippen LogP) is 8.89. The summed E-state index contributed by atoms with van der Waals surface area (Å²) in [6.07, 6.45) is 6.84. The molecule has 0 unspecified atom stereocenters. The van der Waals surface area contributed by atoms with Gasteiger partial charge >= 0.3 is 0 Å². The smallest absolute Gasteiger partial charge is 0.250 e. The Labute approximate surface area is 226 Å². The minimum Gasteiger partial charge on any atom is -0.546 e. The van der Waals surface area contributed by atoms with Gasteiger partial charge in [0.15, 0.2) is 0 Å². The summed E-state index contributed by atoms with van der Waals surface area (Å²) in [6.45, 7) is 22.9. The summed E-state index contributed by atoms with van der Waals surface area (Å²) in [5.41, 5.74) is 8.42. The van der Waals surface area contributed by atoms with Crippen LogP contribution in [-0.2, 0) is 17.3 Å². The molecule has 0 saturated carbocycles. The molecule has 0 fully saturated rings. The zero-order valence-corrected chi connectivity index (χ0v) is 26.0. The number of pyridine rings is 1. The van der Waals surface area contributed by atoms with E-state index in [-0.39, 0.29) is 22.3 Å². The molecule has 1 aromatic carbocycles. The van der Waals surface area contributed by atoms with Crippen molar-refractivity contribution in [3.63, 3.8) is 0 Å². The molecule has 37 heavy (non-hydrogen) atoms. The van der Waals surface area contributed by atoms with Gasteiger partial charge in [-0.2, -0.15) is 0 Å². The quantitative estimate of drug-likeness (QED) is 0.387. The van der Waals surface area contributed by atoms with Gasteiger partial charge in [-0.3, -0.25) is 4.98 Å². The summed E-state index contributed by atoms with van der Waals surface area (Å²) in [6, 6.07) is 8.36. The molecule has 0 saturated heterocycles. The van der Waals surface area contributed by atoms with E-state index in [0.29, 0.717) is 0 Å². The average molecular weight is 520 g/mol. The monoisotopic (exact) mass is 519 g/mol. The fourth-order valence-corrected chi connectivity index (χ4v) is 6.85. The highest BCUT2D eigenvalue weighted by Crippen LogP contribution is 2.49. The van der Waals surface area contributed by atoms with Crippen molar-refractivity contribution in [2.75, 3.05) is 0 Å². The highest BCUT2D eigenvalue weighted by atomic mass is 28.4. The first-order valence-corrected chi connectivity index (χ1v) is 17.2. The van der Waals surface area contributed by atoms with Crippen LogP contribution in [-0.4, -0.2) is 18.4 Å². The topological polar surface area (TPSA) is 42.4 Å². The lowest BCUT2D eigenvalue weighted by Crippen LogP contribution is -2.41. The van der Waals surface area contributed by atoms with Crippen molar-refractivity contribution in [3.8, 4) is 0 Å². The molecule has 4 rings (SSSR count). The van der Waals surface area contributed by atoms with Gasteiger partial charge in [-0.25, -0.2) is 0 Å². The Hall–Kier alpha value is -1.91. The van der Waals surface area contributed by atoms with E-state index >= 15 is 0 Å². The number of aryl methyl sites for hydroxylation is 1. The number of hydrogen-bond acceptors (Lipinski definition) is 3. The summed E-state index contributed by atoms with van der Waals surface area (Å²) in [7, 11) is -2.00. The maximum Gasteiger partial charge on any atom is 0.250 e. The third-order valence-electron chi connectivity index (χ3n) is 9.08. The standard InChI is InChI=1S/C33H49NO2Si/c1-21(2)30-29(31(35)23-16-14-22(3)15-17-23)28(24-18-19-33(7,8)20-26(24)34-30)25-12-11-13-27(25)36-37(9,10)32(4,5)6/h13-17,21,25,31,35H,11-12,18-20H2,1-10H3/t25-,31+/m1/s1. The van der Waals surface area contributed by atoms with Crippen LogP contribution in [0.5, 0.6) is 0 Å². The minimum absolute atomic E-state index is 0.135. The molecule has 4 heteroatoms. The van der Waals surface area contributed by atoms with E-state index in [1.165, 1.54) is 22.4 Å². The molecule has 2 atom stereocenters. The van der Waals surface area contributed by atoms with Gasteiger partial charge in [0, 0.05) is 22.9 Å². The van der Waals surface area contributed by atoms with Crippen molar-refractivity contribution < 1.29 is 9.53 Å². The number of nitrogens with zero attached hydrogens (tertiary/aromatic N) is 1. The highest BCUT2D eigenvalue weighted by molar-refractivity contribution is 6.74. The van der Waals surface area contributed by atoms with E-state index in [0.717, 1.165) is 54.7 Å². The lowest BCUT2D eigenvalue weighted by Gasteiger charge is -2.40. The van der Waals surface area contributed by atoms with Gasteiger partial charge in [-0.1, -0.05) is 78.3 Å². The Morgan fingerprint density at radius 2 is 1.76 bits per heavy atom. The van der Waals surface area contributed by atoms with E-state index < -0.39 is 14.4 Å². The number of aliphatic hydroxyl groups excluding tert-OH is 1. The minimum atomic E-state index is -2.00. The Bertz CT molecular complexity index is 1170. The molecule has 0 amide bonds. The molecule has 0 spiro atoms. The van der Waals surface area contributed by atoms with Crippen molar-refractivity contribution in [1.29, 1.82) is 0 Å². The van der Waals surface area contributed by atoms with Gasteiger partial charge in [0.05, 0.1) is 5.76 Å². The van der Waals surface area contributed by atoms with Crippen LogP contribution in [0.25, 0.3) is 0 Å². The number of rotatable bonds is 6. The molecule has 1 N–H and O–H groups in total. The van der Waals surface area contributed by atoms with Crippen LogP contribution in [0.15, 0.2) is 36.1 Å². The van der Waals surface area contributed by atoms with E-state index in [2.05, 4.69) is 98.8 Å². The Balaban J connectivity index is 1.93. The van der Waals surface area contributed by atoms with Crippen LogP contribution < -0.4 is 0 Å². The predicted molar refractivity (Wildman–Crippen MR) is 158 cm³/mol. The largest absolute Gasteiger partial charge is 0.546 e. The van der Waals surface area contributed by atoms with Crippen LogP contribution in [0.1, 0.15) is 125 Å². The molecule has 2 aliphatic rings. The van der Waals surface area contributed by atoms with Gasteiger partial charge in [0.1, 0.15) is 6.10 Å². The molecule has 1 aromatic heterocycles. The maximum absolute atomic E-state index is 12.0. The van der Waals surface area contributed by atoms with Crippen LogP contribution in [0.2, 0.25) is 18.1 Å². The zero-order chi connectivity index (χ0) is 27.3. The first-order chi connectivity index (χ1) is 17.1. The fraction of sp³-hybridized carbons (Fsp3) is 0.606. The van der Waals surface area contributed by atoms with E-state index in [4.69, 9.17) is 9.41 Å². The molecule has 0 radical (unpaired) electrons. The number of benzene rings is 1. The second-order valence-electron chi connectivity index (χ2n) is 14.2. The third kappa shape index (κ3) is 5.61. The summed E-state index contributed by atoms with van der Waals surface area (Å²) >= 11 is 0. The van der Waals surface area contributed by atoms with Gasteiger partial charge in [-0.15, -0.1) is 0 Å². The molecular formula is C33H49NO2Si. The van der Waals surface area contributed by atoms with Crippen molar-refractivity contribution in [2.24, 2.45) is 5.41 Å². The third-order valence-corrected chi connectivity index (χ3v) is 13.4. The fourth-order valence-electron chi connectivity index (χ4n) is 5.72. The molecule has 2 aromatic rings. The van der Waals surface area contributed by atoms with Crippen molar-refractivity contribution in [3.05, 3.63) is 75.3 Å². The Morgan fingerprint density at radius 1 is 1.11 bits per heavy atom. The van der Waals surface area contributed by atoms with Crippen molar-refractivity contribution >= 4 is 8.32 Å². The van der Waals surface area contributed by atoms with Crippen LogP contribution >= 0.6 is 0 Å². The number of fused-ring (bicyclic) bond motifs is 1. The molecule has 0 bridgehead atoms. The Kier molecular flexibility index (Phi) is 7.60. The molecule has 1 heterocycles. The second-order valence-corrected chi connectivity index (χ2v) is 18.9. The lowest BCUT2D eigenvalue weighted by atomic mass is 9.71. The molecule has 2 aliphatic carbocycles. The van der Waals surface area contributed by atoms with Crippen molar-refractivity contribution in [2.45, 2.75) is 124 Å². The maximum atomic E-state index is 12.0. The van der Waals surface area contributed by atoms with Gasteiger partial charge in [-0.05, 0) is 91.3 Å². The summed E-state index contributed by atoms with van der Waals surface area (Å²) < 4.78 is 7.02. The second kappa shape index (κ2) is 10.0. The summed E-state index contributed by atoms with van der Waals surface area (Å²) in [4.78, 5) is 5.33. The molecular weight excluding hydrogens is 470 g/mol. The highest BCUT2D eigenvalue weighted by Gasteiger charge is 2.43. The van der Waals surface area contributed by atoms with E-state index in [1.807, 2.05) is 0 Å². The first-order valence-electron chi connectivity index (χ1n) is 14.3. The van der Waals surface area contributed by atoms with Crippen LogP contribution in [0.4, 0.5) is 0 Å². The lowest BCUT2D eigenvalue weighted by molar-refractivity contribution is 0.214. The zero-order valence-electron chi connectivity index (χ0n) is 25.0. The van der Waals surface area contributed by atoms with Gasteiger partial charge in [0.25, 0.3) is 0 Å². The van der Waals surface area contributed by atoms with Crippen LogP contribution in [0.3, 0.4) is 0 Å². The van der Waals surface area contributed by atoms with Gasteiger partial charge in [0.2, 0.25) is 8.32 Å². The summed E-state index contributed by atoms with van der Waals surface area (Å²) in [5.74, 6) is 1.54. The molecule has 3 nitrogen and oxygen atoms in total. The molecule has 0 aliphatic heterocycles. The first kappa shape index (κ1) is 28.1. The van der Waals surface area contributed by atoms with Gasteiger partial charge < -0.3 is 9.53 Å². The summed E-state index contributed by atoms with van der Waals surface area (Å²) in [5, 5.41) is 12.1. The number of hydrogen-bond donors (Lipinski definition) is 1.